The number of nitrogens with one attached hydrogen (secondary N) is 1. The monoisotopic (exact) mass is 348 g/mol. The van der Waals surface area contributed by atoms with Crippen molar-refractivity contribution in [1.29, 1.82) is 0 Å². The van der Waals surface area contributed by atoms with Gasteiger partial charge in [0.05, 0.1) is 16.7 Å². The van der Waals surface area contributed by atoms with E-state index in [1.165, 1.54) is 19.3 Å². The second-order valence-corrected chi connectivity index (χ2v) is 9.32. The smallest absolute Gasteiger partial charge is 0.318 e. The molecule has 3 atom stereocenters. The lowest BCUT2D eigenvalue weighted by Gasteiger charge is -2.34. The molecule has 0 spiro atoms. The predicted octanol–water partition coefficient (Wildman–Crippen LogP) is 2.88. The molecule has 5 nitrogen and oxygen atoms in total. The van der Waals surface area contributed by atoms with Crippen LogP contribution in [0.5, 0.6) is 0 Å². The zero-order valence-electron chi connectivity index (χ0n) is 13.8. The average molecular weight is 348 g/mol. The van der Waals surface area contributed by atoms with Crippen LogP contribution < -0.4 is 5.32 Å². The molecule has 1 unspecified atom stereocenters. The van der Waals surface area contributed by atoms with Crippen LogP contribution in [-0.2, 0) is 9.84 Å². The minimum Gasteiger partial charge on any atom is -0.331 e. The van der Waals surface area contributed by atoms with E-state index in [1.807, 2.05) is 17.0 Å². The third-order valence-electron chi connectivity index (χ3n) is 5.87. The summed E-state index contributed by atoms with van der Waals surface area (Å²) in [5.74, 6) is 0.754. The van der Waals surface area contributed by atoms with Crippen LogP contribution in [-0.4, -0.2) is 37.7 Å². The number of hydrogen-bond acceptors (Lipinski definition) is 3. The van der Waals surface area contributed by atoms with Crippen LogP contribution in [0.1, 0.15) is 50.1 Å². The Morgan fingerprint density at radius 2 is 1.88 bits per heavy atom. The maximum absolute atomic E-state index is 12.8. The highest BCUT2D eigenvalue weighted by Gasteiger charge is 2.39. The molecule has 3 aliphatic rings. The highest BCUT2D eigenvalue weighted by Crippen LogP contribution is 2.37. The van der Waals surface area contributed by atoms with Crippen molar-refractivity contribution in [2.45, 2.75) is 55.5 Å². The van der Waals surface area contributed by atoms with Crippen LogP contribution in [0.15, 0.2) is 29.2 Å². The van der Waals surface area contributed by atoms with Crippen LogP contribution in [0.2, 0.25) is 0 Å². The average Bonchev–Trinajstić information content (AvgIpc) is 3.02. The number of benzene rings is 1. The predicted molar refractivity (Wildman–Crippen MR) is 91.5 cm³/mol. The molecular weight excluding hydrogens is 324 g/mol. The molecule has 24 heavy (non-hydrogen) atoms. The number of hydrogen-bond donors (Lipinski definition) is 1. The van der Waals surface area contributed by atoms with Crippen molar-refractivity contribution in [1.82, 2.24) is 10.2 Å². The van der Waals surface area contributed by atoms with Gasteiger partial charge in [-0.05, 0) is 43.2 Å². The number of fused-ring (bicyclic) bond motifs is 2. The molecule has 2 amide bonds. The van der Waals surface area contributed by atoms with Gasteiger partial charge in [0.1, 0.15) is 0 Å². The number of rotatable bonds is 1. The van der Waals surface area contributed by atoms with Gasteiger partial charge < -0.3 is 10.2 Å². The fourth-order valence-corrected chi connectivity index (χ4v) is 6.25. The van der Waals surface area contributed by atoms with E-state index in [4.69, 9.17) is 0 Å². The third kappa shape index (κ3) is 2.70. The van der Waals surface area contributed by atoms with Crippen molar-refractivity contribution in [3.8, 4) is 0 Å². The van der Waals surface area contributed by atoms with Crippen molar-refractivity contribution in [2.24, 2.45) is 5.92 Å². The summed E-state index contributed by atoms with van der Waals surface area (Å²) in [4.78, 5) is 15.2. The molecule has 0 aromatic heterocycles. The number of amides is 2. The molecule has 1 N–H and O–H groups in total. The molecule has 1 saturated carbocycles. The molecule has 1 aromatic rings. The Balaban J connectivity index is 1.52. The third-order valence-corrected chi connectivity index (χ3v) is 7.69. The molecule has 1 saturated heterocycles. The Bertz CT molecular complexity index is 746. The van der Waals surface area contributed by atoms with Gasteiger partial charge in [-0.25, -0.2) is 13.2 Å². The molecule has 2 fully saturated rings. The van der Waals surface area contributed by atoms with Crippen molar-refractivity contribution in [3.05, 3.63) is 29.8 Å². The molecule has 2 heterocycles. The Kier molecular flexibility index (Phi) is 4.03. The second-order valence-electron chi connectivity index (χ2n) is 7.24. The highest BCUT2D eigenvalue weighted by molar-refractivity contribution is 7.91. The van der Waals surface area contributed by atoms with Crippen LogP contribution in [0.25, 0.3) is 0 Å². The zero-order valence-corrected chi connectivity index (χ0v) is 14.6. The quantitative estimate of drug-likeness (QED) is 0.848. The molecule has 2 aliphatic heterocycles. The second kappa shape index (κ2) is 6.06. The van der Waals surface area contributed by atoms with Gasteiger partial charge in [-0.2, -0.15) is 0 Å². The summed E-state index contributed by atoms with van der Waals surface area (Å²) in [5, 5.41) is 3.11. The van der Waals surface area contributed by atoms with Crippen molar-refractivity contribution in [2.75, 3.05) is 12.3 Å². The number of urea groups is 1. The summed E-state index contributed by atoms with van der Waals surface area (Å²) in [5.41, 5.74) is 0.733. The number of likely N-dealkylation sites (tertiary alicyclic amines) is 1. The van der Waals surface area contributed by atoms with Gasteiger partial charge >= 0.3 is 6.03 Å². The Morgan fingerprint density at radius 3 is 2.75 bits per heavy atom. The Hall–Kier alpha value is -1.56. The first kappa shape index (κ1) is 15.9. The van der Waals surface area contributed by atoms with E-state index in [1.54, 1.807) is 12.1 Å². The fourth-order valence-electron chi connectivity index (χ4n) is 4.63. The van der Waals surface area contributed by atoms with Crippen LogP contribution in [0.3, 0.4) is 0 Å². The first-order valence-corrected chi connectivity index (χ1v) is 10.6. The molecule has 1 aliphatic carbocycles. The molecule has 0 radical (unpaired) electrons. The number of nitrogens with zero attached hydrogens (tertiary/aromatic N) is 1. The molecule has 0 bridgehead atoms. The molecular formula is C18H24N2O3S. The van der Waals surface area contributed by atoms with Gasteiger partial charge in [0.15, 0.2) is 9.84 Å². The van der Waals surface area contributed by atoms with Gasteiger partial charge in [-0.15, -0.1) is 0 Å². The lowest BCUT2D eigenvalue weighted by molar-refractivity contribution is 0.166. The largest absolute Gasteiger partial charge is 0.331 e. The van der Waals surface area contributed by atoms with Gasteiger partial charge in [-0.3, -0.25) is 0 Å². The first-order valence-electron chi connectivity index (χ1n) is 8.95. The summed E-state index contributed by atoms with van der Waals surface area (Å²) < 4.78 is 24.5. The van der Waals surface area contributed by atoms with E-state index in [0.29, 0.717) is 23.3 Å². The fraction of sp³-hybridized carbons (Fsp3) is 0.611. The lowest BCUT2D eigenvalue weighted by Crippen LogP contribution is -2.47. The molecule has 1 aromatic carbocycles. The van der Waals surface area contributed by atoms with Crippen molar-refractivity contribution < 1.29 is 13.2 Å². The topological polar surface area (TPSA) is 66.5 Å². The Morgan fingerprint density at radius 1 is 1.08 bits per heavy atom. The standard InChI is InChI=1S/C18H24N2O3S/c21-18(20-11-9-13-5-1-3-7-16(13)20)19-15-10-12-24(22,23)17-8-4-2-6-14(15)17/h2,4,6,8,13,15-16H,1,3,5,7,9-12H2,(H,19,21)/t13-,15?,16-/m1/s1. The minimum absolute atomic E-state index is 0.0245. The van der Waals surface area contributed by atoms with E-state index < -0.39 is 9.84 Å². The normalized spacial score (nSPS) is 31.2. The van der Waals surface area contributed by atoms with E-state index in [2.05, 4.69) is 5.32 Å². The molecule has 130 valence electrons. The first-order chi connectivity index (χ1) is 11.6. The van der Waals surface area contributed by atoms with Crippen molar-refractivity contribution >= 4 is 15.9 Å². The minimum atomic E-state index is -3.21. The molecule has 6 heteroatoms. The van der Waals surface area contributed by atoms with Crippen molar-refractivity contribution in [3.63, 3.8) is 0 Å². The molecule has 4 rings (SSSR count). The van der Waals surface area contributed by atoms with E-state index in [9.17, 15) is 13.2 Å². The van der Waals surface area contributed by atoms with E-state index in [0.717, 1.165) is 24.9 Å². The number of carbonyl (C=O) groups is 1. The number of sulfone groups is 1. The highest BCUT2D eigenvalue weighted by atomic mass is 32.2. The number of carbonyl (C=O) groups excluding carboxylic acids is 1. The summed E-state index contributed by atoms with van der Waals surface area (Å²) in [6.45, 7) is 0.827. The van der Waals surface area contributed by atoms with E-state index in [-0.39, 0.29) is 17.8 Å². The van der Waals surface area contributed by atoms with E-state index >= 15 is 0 Å². The van der Waals surface area contributed by atoms with Gasteiger partial charge in [0, 0.05) is 12.6 Å². The Labute approximate surface area is 143 Å². The van der Waals surface area contributed by atoms with Crippen LogP contribution in [0, 0.1) is 5.92 Å². The summed E-state index contributed by atoms with van der Waals surface area (Å²) in [7, 11) is -3.21. The van der Waals surface area contributed by atoms with Crippen LogP contribution >= 0.6 is 0 Å². The van der Waals surface area contributed by atoms with Gasteiger partial charge in [0.25, 0.3) is 0 Å². The summed E-state index contributed by atoms with van der Waals surface area (Å²) >= 11 is 0. The summed E-state index contributed by atoms with van der Waals surface area (Å²) in [6, 6.07) is 7.20. The maximum Gasteiger partial charge on any atom is 0.318 e. The van der Waals surface area contributed by atoms with Gasteiger partial charge in [0.2, 0.25) is 0 Å². The van der Waals surface area contributed by atoms with Crippen LogP contribution in [0.4, 0.5) is 4.79 Å². The summed E-state index contributed by atoms with van der Waals surface area (Å²) in [6.07, 6.45) is 6.38. The van der Waals surface area contributed by atoms with Gasteiger partial charge in [-0.1, -0.05) is 31.0 Å². The SMILES string of the molecule is O=C(NC1CCS(=O)(=O)c2ccccc21)N1CC[C@H]2CCCC[C@H]21. The maximum atomic E-state index is 12.8. The zero-order chi connectivity index (χ0) is 16.7. The lowest BCUT2D eigenvalue weighted by atomic mass is 9.85.